The largest absolute Gasteiger partial charge is 0.314 e. The summed E-state index contributed by atoms with van der Waals surface area (Å²) in [7, 11) is 0. The highest BCUT2D eigenvalue weighted by atomic mass is 32.1. The van der Waals surface area contributed by atoms with Gasteiger partial charge in [-0.15, -0.1) is 0 Å². The van der Waals surface area contributed by atoms with E-state index in [-0.39, 0.29) is 0 Å². The number of rotatable bonds is 3. The molecule has 0 aromatic carbocycles. The lowest BCUT2D eigenvalue weighted by molar-refractivity contribution is 0.299. The van der Waals surface area contributed by atoms with E-state index in [1.54, 1.807) is 0 Å². The predicted octanol–water partition coefficient (Wildman–Crippen LogP) is 6.37. The standard InChI is InChI=1S/C21H41NS/c1-18-10-6-5-8-12-20(16-18)22-17-19-11-7-3-2-4-9-13-21(23)15-14-19/h18-23H,2-17H2,1H3. The maximum absolute atomic E-state index is 4.82. The van der Waals surface area contributed by atoms with Crippen molar-refractivity contribution in [1.82, 2.24) is 5.32 Å². The van der Waals surface area contributed by atoms with Gasteiger partial charge in [-0.1, -0.05) is 64.7 Å². The smallest absolute Gasteiger partial charge is 0.00697 e. The van der Waals surface area contributed by atoms with Gasteiger partial charge in [0.25, 0.3) is 0 Å². The normalized spacial score (nSPS) is 35.7. The fourth-order valence-corrected chi connectivity index (χ4v) is 4.90. The molecule has 0 aromatic heterocycles. The highest BCUT2D eigenvalue weighted by Gasteiger charge is 2.18. The summed E-state index contributed by atoms with van der Waals surface area (Å²) in [6, 6.07) is 0.787. The van der Waals surface area contributed by atoms with Crippen LogP contribution in [-0.4, -0.2) is 17.8 Å². The van der Waals surface area contributed by atoms with Gasteiger partial charge in [-0.3, -0.25) is 0 Å². The molecule has 1 N–H and O–H groups in total. The molecule has 4 unspecified atom stereocenters. The number of hydrogen-bond acceptors (Lipinski definition) is 2. The average Bonchev–Trinajstić information content (AvgIpc) is 2.56. The van der Waals surface area contributed by atoms with E-state index in [9.17, 15) is 0 Å². The van der Waals surface area contributed by atoms with Crippen LogP contribution in [0, 0.1) is 11.8 Å². The summed E-state index contributed by atoms with van der Waals surface area (Å²) in [5.74, 6) is 1.81. The van der Waals surface area contributed by atoms with E-state index in [1.165, 1.54) is 103 Å². The van der Waals surface area contributed by atoms with E-state index in [2.05, 4.69) is 12.2 Å². The molecule has 4 atom stereocenters. The van der Waals surface area contributed by atoms with Gasteiger partial charge in [-0.25, -0.2) is 0 Å². The van der Waals surface area contributed by atoms with Crippen molar-refractivity contribution in [3.8, 4) is 0 Å². The molecule has 0 aromatic rings. The van der Waals surface area contributed by atoms with Gasteiger partial charge in [0.2, 0.25) is 0 Å². The Morgan fingerprint density at radius 1 is 0.739 bits per heavy atom. The summed E-state index contributed by atoms with van der Waals surface area (Å²) < 4.78 is 0. The monoisotopic (exact) mass is 339 g/mol. The van der Waals surface area contributed by atoms with E-state index >= 15 is 0 Å². The second-order valence-electron chi connectivity index (χ2n) is 8.53. The first-order chi connectivity index (χ1) is 11.2. The van der Waals surface area contributed by atoms with Crippen LogP contribution in [0.15, 0.2) is 0 Å². The minimum atomic E-state index is 0.650. The first-order valence-electron chi connectivity index (χ1n) is 10.7. The maximum atomic E-state index is 4.82. The van der Waals surface area contributed by atoms with Gasteiger partial charge in [0.15, 0.2) is 0 Å². The SMILES string of the molecule is CC1CCCCCC(NCC2CCCCCCCC(S)CC2)C1. The van der Waals surface area contributed by atoms with Gasteiger partial charge in [0, 0.05) is 11.3 Å². The van der Waals surface area contributed by atoms with Crippen molar-refractivity contribution in [3.05, 3.63) is 0 Å². The van der Waals surface area contributed by atoms with Gasteiger partial charge in [0.05, 0.1) is 0 Å². The van der Waals surface area contributed by atoms with Crippen molar-refractivity contribution in [2.24, 2.45) is 11.8 Å². The molecule has 1 nitrogen and oxygen atoms in total. The molecule has 0 radical (unpaired) electrons. The van der Waals surface area contributed by atoms with Crippen LogP contribution >= 0.6 is 12.6 Å². The van der Waals surface area contributed by atoms with Crippen molar-refractivity contribution < 1.29 is 0 Å². The molecule has 0 bridgehead atoms. The van der Waals surface area contributed by atoms with Gasteiger partial charge >= 0.3 is 0 Å². The van der Waals surface area contributed by atoms with Gasteiger partial charge in [-0.05, 0) is 56.9 Å². The third-order valence-electron chi connectivity index (χ3n) is 6.19. The zero-order valence-electron chi connectivity index (χ0n) is 15.6. The summed E-state index contributed by atoms with van der Waals surface area (Å²) in [5, 5.41) is 4.63. The number of thiol groups is 1. The lowest BCUT2D eigenvalue weighted by Gasteiger charge is -2.27. The third-order valence-corrected chi connectivity index (χ3v) is 6.71. The molecular weight excluding hydrogens is 298 g/mol. The molecule has 2 fully saturated rings. The summed E-state index contributed by atoms with van der Waals surface area (Å²) in [6.07, 6.45) is 21.3. The van der Waals surface area contributed by atoms with E-state index in [1.807, 2.05) is 0 Å². The lowest BCUT2D eigenvalue weighted by Crippen LogP contribution is -2.35. The molecule has 2 rings (SSSR count). The second kappa shape index (κ2) is 11.8. The quantitative estimate of drug-likeness (QED) is 0.569. The van der Waals surface area contributed by atoms with Crippen LogP contribution in [0.25, 0.3) is 0 Å². The van der Waals surface area contributed by atoms with Crippen molar-refractivity contribution in [2.75, 3.05) is 6.54 Å². The van der Waals surface area contributed by atoms with E-state index < -0.39 is 0 Å². The van der Waals surface area contributed by atoms with Crippen molar-refractivity contribution in [1.29, 1.82) is 0 Å². The summed E-state index contributed by atoms with van der Waals surface area (Å²) in [5.41, 5.74) is 0. The molecule has 2 heteroatoms. The first kappa shape index (κ1) is 19.6. The van der Waals surface area contributed by atoms with Crippen LogP contribution in [-0.2, 0) is 0 Å². The minimum Gasteiger partial charge on any atom is -0.314 e. The van der Waals surface area contributed by atoms with Crippen molar-refractivity contribution in [2.45, 2.75) is 115 Å². The predicted molar refractivity (Wildman–Crippen MR) is 106 cm³/mol. The van der Waals surface area contributed by atoms with Gasteiger partial charge in [0.1, 0.15) is 0 Å². The van der Waals surface area contributed by atoms with Gasteiger partial charge < -0.3 is 5.32 Å². The van der Waals surface area contributed by atoms with Crippen LogP contribution in [0.4, 0.5) is 0 Å². The molecule has 23 heavy (non-hydrogen) atoms. The molecule has 0 heterocycles. The molecule has 0 saturated heterocycles. The van der Waals surface area contributed by atoms with Crippen LogP contribution in [0.2, 0.25) is 0 Å². The highest BCUT2D eigenvalue weighted by molar-refractivity contribution is 7.80. The summed E-state index contributed by atoms with van der Waals surface area (Å²) in [6.45, 7) is 3.72. The summed E-state index contributed by atoms with van der Waals surface area (Å²) >= 11 is 4.82. The number of hydrogen-bond donors (Lipinski definition) is 2. The molecule has 2 aliphatic carbocycles. The molecule has 0 amide bonds. The van der Waals surface area contributed by atoms with E-state index in [0.29, 0.717) is 5.25 Å². The average molecular weight is 340 g/mol. The lowest BCUT2D eigenvalue weighted by atomic mass is 9.88. The Morgan fingerprint density at radius 2 is 1.39 bits per heavy atom. The summed E-state index contributed by atoms with van der Waals surface area (Å²) in [4.78, 5) is 0. The van der Waals surface area contributed by atoms with Crippen LogP contribution in [0.3, 0.4) is 0 Å². The van der Waals surface area contributed by atoms with Crippen LogP contribution in [0.1, 0.15) is 103 Å². The van der Waals surface area contributed by atoms with E-state index in [4.69, 9.17) is 12.6 Å². The highest BCUT2D eigenvalue weighted by Crippen LogP contribution is 2.25. The molecule has 2 saturated carbocycles. The molecule has 136 valence electrons. The molecule has 2 aliphatic rings. The molecule has 0 spiro atoms. The van der Waals surface area contributed by atoms with Crippen LogP contribution < -0.4 is 5.32 Å². The van der Waals surface area contributed by atoms with Crippen molar-refractivity contribution in [3.63, 3.8) is 0 Å². The molecule has 0 aliphatic heterocycles. The Balaban J connectivity index is 1.75. The zero-order valence-corrected chi connectivity index (χ0v) is 16.5. The Labute approximate surface area is 151 Å². The fourth-order valence-electron chi connectivity index (χ4n) is 4.56. The topological polar surface area (TPSA) is 12.0 Å². The Hall–Kier alpha value is 0.310. The molecular formula is C21H41NS. The minimum absolute atomic E-state index is 0.650. The first-order valence-corrected chi connectivity index (χ1v) is 11.2. The maximum Gasteiger partial charge on any atom is 0.00697 e. The van der Waals surface area contributed by atoms with Crippen LogP contribution in [0.5, 0.6) is 0 Å². The third kappa shape index (κ3) is 8.82. The Kier molecular flexibility index (Phi) is 10.1. The fraction of sp³-hybridized carbons (Fsp3) is 1.00. The second-order valence-corrected chi connectivity index (χ2v) is 9.26. The van der Waals surface area contributed by atoms with E-state index in [0.717, 1.165) is 17.9 Å². The van der Waals surface area contributed by atoms with Gasteiger partial charge in [-0.2, -0.15) is 12.6 Å². The number of nitrogens with one attached hydrogen (secondary N) is 1. The Bertz CT molecular complexity index is 294. The zero-order chi connectivity index (χ0) is 16.3. The van der Waals surface area contributed by atoms with Crippen molar-refractivity contribution >= 4 is 12.6 Å². The Morgan fingerprint density at radius 3 is 2.26 bits per heavy atom.